The predicted molar refractivity (Wildman–Crippen MR) is 75.2 cm³/mol. The van der Waals surface area contributed by atoms with Crippen molar-refractivity contribution in [3.8, 4) is 17.7 Å². The number of aromatic nitrogens is 2. The zero-order chi connectivity index (χ0) is 13.9. The van der Waals surface area contributed by atoms with Crippen molar-refractivity contribution in [2.45, 2.75) is 0 Å². The van der Waals surface area contributed by atoms with Crippen LogP contribution >= 0.6 is 0 Å². The molecule has 0 saturated heterocycles. The van der Waals surface area contributed by atoms with Crippen molar-refractivity contribution in [2.24, 2.45) is 0 Å². The second kappa shape index (κ2) is 4.86. The molecule has 0 aliphatic carbocycles. The zero-order valence-corrected chi connectivity index (χ0v) is 10.4. The first kappa shape index (κ1) is 11.9. The Bertz CT molecular complexity index is 806. The number of nitrogens with two attached hydrogens (primary N) is 1. The minimum atomic E-state index is 0.458. The van der Waals surface area contributed by atoms with Crippen LogP contribution in [0.2, 0.25) is 0 Å². The summed E-state index contributed by atoms with van der Waals surface area (Å²) < 4.78 is 5.73. The maximum atomic E-state index is 8.76. The first-order valence-corrected chi connectivity index (χ1v) is 5.94. The van der Waals surface area contributed by atoms with Crippen LogP contribution in [0, 0.1) is 11.3 Å². The van der Waals surface area contributed by atoms with Gasteiger partial charge in [0, 0.05) is 5.69 Å². The van der Waals surface area contributed by atoms with Gasteiger partial charge in [0.2, 0.25) is 5.88 Å². The van der Waals surface area contributed by atoms with E-state index in [2.05, 4.69) is 16.0 Å². The molecule has 3 aromatic rings. The highest BCUT2D eigenvalue weighted by molar-refractivity contribution is 5.85. The van der Waals surface area contributed by atoms with E-state index in [-0.39, 0.29) is 0 Å². The van der Waals surface area contributed by atoms with Gasteiger partial charge in [-0.1, -0.05) is 0 Å². The summed E-state index contributed by atoms with van der Waals surface area (Å²) in [4.78, 5) is 8.29. The Kier molecular flexibility index (Phi) is 2.90. The first-order valence-electron chi connectivity index (χ1n) is 5.94. The number of hydrogen-bond acceptors (Lipinski definition) is 5. The second-order valence-corrected chi connectivity index (χ2v) is 4.19. The van der Waals surface area contributed by atoms with Crippen molar-refractivity contribution < 1.29 is 4.74 Å². The van der Waals surface area contributed by atoms with Crippen molar-refractivity contribution in [3.05, 3.63) is 54.4 Å². The molecule has 3 rings (SSSR count). The molecule has 2 N–H and O–H groups in total. The molecule has 0 saturated carbocycles. The third kappa shape index (κ3) is 2.22. The van der Waals surface area contributed by atoms with Gasteiger partial charge in [-0.05, 0) is 42.5 Å². The van der Waals surface area contributed by atoms with Crippen LogP contribution in [0.1, 0.15) is 5.56 Å². The Balaban J connectivity index is 2.00. The van der Waals surface area contributed by atoms with Gasteiger partial charge in [-0.2, -0.15) is 5.26 Å². The highest BCUT2D eigenvalue weighted by Gasteiger charge is 2.06. The molecule has 96 valence electrons. The van der Waals surface area contributed by atoms with Crippen LogP contribution in [0.15, 0.2) is 48.8 Å². The molecule has 0 spiro atoms. The molecule has 0 fully saturated rings. The van der Waals surface area contributed by atoms with Crippen LogP contribution < -0.4 is 10.5 Å². The molecule has 0 unspecified atom stereocenters. The van der Waals surface area contributed by atoms with E-state index in [0.29, 0.717) is 22.9 Å². The predicted octanol–water partition coefficient (Wildman–Crippen LogP) is 2.88. The third-order valence-corrected chi connectivity index (χ3v) is 2.82. The van der Waals surface area contributed by atoms with Gasteiger partial charge in [0.1, 0.15) is 12.1 Å². The topological polar surface area (TPSA) is 84.8 Å². The fraction of sp³-hybridized carbons (Fsp3) is 0. The number of rotatable bonds is 2. The number of nitrogens with zero attached hydrogens (tertiary/aromatic N) is 3. The number of nitrogen functional groups attached to an aromatic ring is 1. The highest BCUT2D eigenvalue weighted by atomic mass is 16.5. The smallest absolute Gasteiger partial charge is 0.230 e. The summed E-state index contributed by atoms with van der Waals surface area (Å²) in [5.74, 6) is 1.07. The average Bonchev–Trinajstić information content (AvgIpc) is 2.48. The quantitative estimate of drug-likeness (QED) is 0.718. The van der Waals surface area contributed by atoms with E-state index in [0.717, 1.165) is 10.9 Å². The van der Waals surface area contributed by atoms with Crippen LogP contribution in [0.4, 0.5) is 5.69 Å². The van der Waals surface area contributed by atoms with Crippen LogP contribution in [0.5, 0.6) is 11.6 Å². The lowest BCUT2D eigenvalue weighted by Crippen LogP contribution is -1.92. The Morgan fingerprint density at radius 1 is 1.05 bits per heavy atom. The number of anilines is 1. The molecule has 0 aliphatic rings. The summed E-state index contributed by atoms with van der Waals surface area (Å²) in [6.45, 7) is 0. The fourth-order valence-electron chi connectivity index (χ4n) is 1.84. The minimum absolute atomic E-state index is 0.458. The number of benzene rings is 2. The number of fused-ring (bicyclic) bond motifs is 1. The van der Waals surface area contributed by atoms with Crippen LogP contribution in [-0.2, 0) is 0 Å². The van der Waals surface area contributed by atoms with Gasteiger partial charge in [-0.25, -0.2) is 9.97 Å². The highest BCUT2D eigenvalue weighted by Crippen LogP contribution is 2.27. The maximum Gasteiger partial charge on any atom is 0.230 e. The monoisotopic (exact) mass is 262 g/mol. The van der Waals surface area contributed by atoms with E-state index >= 15 is 0 Å². The Morgan fingerprint density at radius 2 is 1.85 bits per heavy atom. The molecule has 0 aliphatic heterocycles. The van der Waals surface area contributed by atoms with Crippen LogP contribution in [0.25, 0.3) is 10.9 Å². The fourth-order valence-corrected chi connectivity index (χ4v) is 1.84. The van der Waals surface area contributed by atoms with E-state index in [9.17, 15) is 0 Å². The van der Waals surface area contributed by atoms with Gasteiger partial charge in [-0.3, -0.25) is 0 Å². The summed E-state index contributed by atoms with van der Waals surface area (Å²) in [7, 11) is 0. The number of ether oxygens (including phenoxy) is 1. The van der Waals surface area contributed by atoms with E-state index in [1.165, 1.54) is 6.33 Å². The van der Waals surface area contributed by atoms with Gasteiger partial charge < -0.3 is 10.5 Å². The molecule has 2 aromatic carbocycles. The molecule has 1 aromatic heterocycles. The van der Waals surface area contributed by atoms with Crippen molar-refractivity contribution in [3.63, 3.8) is 0 Å². The summed E-state index contributed by atoms with van der Waals surface area (Å²) >= 11 is 0. The van der Waals surface area contributed by atoms with Gasteiger partial charge in [-0.15, -0.1) is 0 Å². The molecular weight excluding hydrogens is 252 g/mol. The van der Waals surface area contributed by atoms with E-state index < -0.39 is 0 Å². The van der Waals surface area contributed by atoms with Crippen molar-refractivity contribution in [1.82, 2.24) is 9.97 Å². The summed E-state index contributed by atoms with van der Waals surface area (Å²) in [5.41, 5.74) is 7.67. The van der Waals surface area contributed by atoms with Gasteiger partial charge >= 0.3 is 0 Å². The second-order valence-electron chi connectivity index (χ2n) is 4.19. The molecule has 0 atom stereocenters. The van der Waals surface area contributed by atoms with E-state index in [1.807, 2.05) is 6.07 Å². The summed E-state index contributed by atoms with van der Waals surface area (Å²) in [5, 5.41) is 9.55. The molecule has 0 amide bonds. The largest absolute Gasteiger partial charge is 0.438 e. The molecule has 5 heteroatoms. The molecule has 1 heterocycles. The lowest BCUT2D eigenvalue weighted by molar-refractivity contribution is 0.468. The SMILES string of the molecule is N#Cc1ccc(Oc2ncnc3cc(N)ccc23)cc1. The Morgan fingerprint density at radius 3 is 2.60 bits per heavy atom. The van der Waals surface area contributed by atoms with Gasteiger partial charge in [0.25, 0.3) is 0 Å². The molecule has 20 heavy (non-hydrogen) atoms. The number of nitriles is 1. The van der Waals surface area contributed by atoms with Crippen molar-refractivity contribution in [1.29, 1.82) is 5.26 Å². The molecule has 0 radical (unpaired) electrons. The lowest BCUT2D eigenvalue weighted by atomic mass is 10.2. The van der Waals surface area contributed by atoms with Crippen molar-refractivity contribution in [2.75, 3.05) is 5.73 Å². The standard InChI is InChI=1S/C15H10N4O/c16-8-10-1-4-12(5-2-10)20-15-13-6-3-11(17)7-14(13)18-9-19-15/h1-7,9H,17H2. The lowest BCUT2D eigenvalue weighted by Gasteiger charge is -2.07. The zero-order valence-electron chi connectivity index (χ0n) is 10.4. The number of hydrogen-bond donors (Lipinski definition) is 1. The van der Waals surface area contributed by atoms with Crippen LogP contribution in [0.3, 0.4) is 0 Å². The normalized spacial score (nSPS) is 10.2. The first-order chi connectivity index (χ1) is 9.76. The Hall–Kier alpha value is -3.13. The van der Waals surface area contributed by atoms with Crippen LogP contribution in [-0.4, -0.2) is 9.97 Å². The average molecular weight is 262 g/mol. The minimum Gasteiger partial charge on any atom is -0.438 e. The third-order valence-electron chi connectivity index (χ3n) is 2.82. The van der Waals surface area contributed by atoms with E-state index in [4.69, 9.17) is 15.7 Å². The Labute approximate surface area is 115 Å². The maximum absolute atomic E-state index is 8.76. The van der Waals surface area contributed by atoms with Crippen molar-refractivity contribution >= 4 is 16.6 Å². The molecule has 5 nitrogen and oxygen atoms in total. The summed E-state index contributed by atoms with van der Waals surface area (Å²) in [6, 6.07) is 14.3. The van der Waals surface area contributed by atoms with Gasteiger partial charge in [0.15, 0.2) is 0 Å². The molecular formula is C15H10N4O. The summed E-state index contributed by atoms with van der Waals surface area (Å²) in [6.07, 6.45) is 1.43. The molecule has 0 bridgehead atoms. The van der Waals surface area contributed by atoms with Gasteiger partial charge in [0.05, 0.1) is 22.5 Å². The van der Waals surface area contributed by atoms with E-state index in [1.54, 1.807) is 36.4 Å².